The maximum Gasteiger partial charge on any atom is 0.262 e. The van der Waals surface area contributed by atoms with Crippen molar-refractivity contribution >= 4 is 29.0 Å². The van der Waals surface area contributed by atoms with Crippen LogP contribution in [0.1, 0.15) is 40.1 Å². The molecule has 2 aliphatic rings. The van der Waals surface area contributed by atoms with Crippen molar-refractivity contribution < 1.29 is 9.90 Å². The lowest BCUT2D eigenvalue weighted by molar-refractivity contribution is -0.0301. The van der Waals surface area contributed by atoms with Crippen LogP contribution in [-0.2, 0) is 5.54 Å². The van der Waals surface area contributed by atoms with E-state index in [-0.39, 0.29) is 5.91 Å². The summed E-state index contributed by atoms with van der Waals surface area (Å²) in [5, 5.41) is 16.5. The summed E-state index contributed by atoms with van der Waals surface area (Å²) in [7, 11) is 0. The number of β-amino-alcohol motifs (C(OH)–C–C–N with tert-alkyl or cyclic N) is 1. The van der Waals surface area contributed by atoms with Crippen molar-refractivity contribution in [2.75, 3.05) is 24.6 Å². The van der Waals surface area contributed by atoms with Crippen molar-refractivity contribution in [3.05, 3.63) is 57.8 Å². The zero-order valence-corrected chi connectivity index (χ0v) is 17.9. The van der Waals surface area contributed by atoms with E-state index in [1.807, 2.05) is 60.5 Å². The number of thioether (sulfide) groups is 1. The van der Waals surface area contributed by atoms with Crippen LogP contribution < -0.4 is 5.32 Å². The number of hydrogen-bond donors (Lipinski definition) is 2. The van der Waals surface area contributed by atoms with Crippen LogP contribution in [0.5, 0.6) is 0 Å². The first-order valence-corrected chi connectivity index (χ1v) is 12.1. The van der Waals surface area contributed by atoms with Gasteiger partial charge in [0.25, 0.3) is 5.91 Å². The van der Waals surface area contributed by atoms with Crippen LogP contribution in [0.3, 0.4) is 0 Å². The second kappa shape index (κ2) is 8.57. The molecule has 0 aliphatic carbocycles. The molecule has 6 heteroatoms. The Morgan fingerprint density at radius 3 is 2.61 bits per heavy atom. The van der Waals surface area contributed by atoms with Gasteiger partial charge in [-0.25, -0.2) is 0 Å². The summed E-state index contributed by atoms with van der Waals surface area (Å²) in [4.78, 5) is 16.2. The molecule has 1 aromatic carbocycles. The highest BCUT2D eigenvalue weighted by Crippen LogP contribution is 2.36. The number of hydrogen-bond acceptors (Lipinski definition) is 5. The van der Waals surface area contributed by atoms with E-state index in [9.17, 15) is 9.90 Å². The molecule has 3 heterocycles. The van der Waals surface area contributed by atoms with Crippen molar-refractivity contribution in [3.63, 3.8) is 0 Å². The van der Waals surface area contributed by atoms with E-state index in [1.165, 1.54) is 35.7 Å². The lowest BCUT2D eigenvalue weighted by Gasteiger charge is -2.49. The molecule has 2 saturated heterocycles. The SMILES string of the molecule is Cc1ccsc1C(=O)N[C@]1(c2ccccc2)CCN(C2CCSCC2)C[C@H]1O. The first kappa shape index (κ1) is 20.0. The molecule has 28 heavy (non-hydrogen) atoms. The molecule has 0 unspecified atom stereocenters. The van der Waals surface area contributed by atoms with Gasteiger partial charge in [0, 0.05) is 19.1 Å². The van der Waals surface area contributed by atoms with Crippen molar-refractivity contribution in [1.29, 1.82) is 0 Å². The minimum Gasteiger partial charge on any atom is -0.389 e. The molecule has 2 fully saturated rings. The van der Waals surface area contributed by atoms with Gasteiger partial charge in [-0.05, 0) is 60.3 Å². The largest absolute Gasteiger partial charge is 0.389 e. The minimum absolute atomic E-state index is 0.0853. The van der Waals surface area contributed by atoms with Gasteiger partial charge >= 0.3 is 0 Å². The van der Waals surface area contributed by atoms with Gasteiger partial charge in [0.1, 0.15) is 0 Å². The van der Waals surface area contributed by atoms with Crippen LogP contribution >= 0.6 is 23.1 Å². The molecule has 2 atom stereocenters. The summed E-state index contributed by atoms with van der Waals surface area (Å²) in [6.45, 7) is 3.46. The number of aliphatic hydroxyl groups excluding tert-OH is 1. The maximum atomic E-state index is 13.1. The molecule has 150 valence electrons. The summed E-state index contributed by atoms with van der Waals surface area (Å²) in [6, 6.07) is 12.5. The Balaban J connectivity index is 1.59. The number of nitrogens with zero attached hydrogens (tertiary/aromatic N) is 1. The number of nitrogens with one attached hydrogen (secondary N) is 1. The van der Waals surface area contributed by atoms with Crippen LogP contribution in [0.2, 0.25) is 0 Å². The van der Waals surface area contributed by atoms with E-state index in [4.69, 9.17) is 0 Å². The maximum absolute atomic E-state index is 13.1. The van der Waals surface area contributed by atoms with Crippen LogP contribution in [0.15, 0.2) is 41.8 Å². The number of amides is 1. The van der Waals surface area contributed by atoms with E-state index < -0.39 is 11.6 Å². The summed E-state index contributed by atoms with van der Waals surface area (Å²) in [6.07, 6.45) is 2.47. The second-order valence-corrected chi connectivity index (χ2v) is 9.97. The van der Waals surface area contributed by atoms with Crippen LogP contribution in [0.4, 0.5) is 0 Å². The average molecular weight is 417 g/mol. The van der Waals surface area contributed by atoms with Gasteiger partial charge in [0.15, 0.2) is 0 Å². The van der Waals surface area contributed by atoms with Gasteiger partial charge in [-0.2, -0.15) is 11.8 Å². The van der Waals surface area contributed by atoms with E-state index >= 15 is 0 Å². The minimum atomic E-state index is -0.741. The fourth-order valence-corrected chi connectivity index (χ4v) is 6.39. The number of aryl methyl sites for hydroxylation is 1. The summed E-state index contributed by atoms with van der Waals surface area (Å²) >= 11 is 3.48. The predicted molar refractivity (Wildman–Crippen MR) is 117 cm³/mol. The molecule has 1 amide bonds. The third-order valence-electron chi connectivity index (χ3n) is 6.17. The van der Waals surface area contributed by atoms with E-state index in [1.54, 1.807) is 0 Å². The molecular weight excluding hydrogens is 388 g/mol. The van der Waals surface area contributed by atoms with E-state index in [0.717, 1.165) is 29.0 Å². The highest BCUT2D eigenvalue weighted by Gasteiger charge is 2.46. The zero-order chi connectivity index (χ0) is 19.6. The Hall–Kier alpha value is -1.34. The van der Waals surface area contributed by atoms with Gasteiger partial charge < -0.3 is 10.4 Å². The second-order valence-electron chi connectivity index (χ2n) is 7.83. The van der Waals surface area contributed by atoms with Gasteiger partial charge in [0.05, 0.1) is 16.5 Å². The summed E-state index contributed by atoms with van der Waals surface area (Å²) in [5.74, 6) is 2.32. The number of benzene rings is 1. The molecule has 0 radical (unpaired) electrons. The average Bonchev–Trinajstić information content (AvgIpc) is 3.17. The normalized spacial score (nSPS) is 26.9. The van der Waals surface area contributed by atoms with E-state index in [2.05, 4.69) is 10.2 Å². The summed E-state index contributed by atoms with van der Waals surface area (Å²) < 4.78 is 0. The molecule has 2 aliphatic heterocycles. The highest BCUT2D eigenvalue weighted by molar-refractivity contribution is 7.99. The molecular formula is C22H28N2O2S2. The number of rotatable bonds is 4. The predicted octanol–water partition coefficient (Wildman–Crippen LogP) is 3.64. The zero-order valence-electron chi connectivity index (χ0n) is 16.3. The van der Waals surface area contributed by atoms with Gasteiger partial charge in [-0.1, -0.05) is 30.3 Å². The Labute approximate surface area is 175 Å². The van der Waals surface area contributed by atoms with Crippen LogP contribution in [0.25, 0.3) is 0 Å². The topological polar surface area (TPSA) is 52.6 Å². The Kier molecular flexibility index (Phi) is 6.11. The number of likely N-dealkylation sites (tertiary alicyclic amines) is 1. The highest BCUT2D eigenvalue weighted by atomic mass is 32.2. The summed E-state index contributed by atoms with van der Waals surface area (Å²) in [5.41, 5.74) is 1.23. The van der Waals surface area contributed by atoms with Crippen molar-refractivity contribution in [2.24, 2.45) is 0 Å². The third kappa shape index (κ3) is 3.88. The molecule has 4 nitrogen and oxygen atoms in total. The number of aliphatic hydroxyl groups is 1. The fourth-order valence-electron chi connectivity index (χ4n) is 4.49. The fraction of sp³-hybridized carbons (Fsp3) is 0.500. The lowest BCUT2D eigenvalue weighted by Crippen LogP contribution is -2.63. The number of thiophene rings is 1. The Morgan fingerprint density at radius 1 is 1.21 bits per heavy atom. The van der Waals surface area contributed by atoms with Gasteiger partial charge in [0.2, 0.25) is 0 Å². The third-order valence-corrected chi connectivity index (χ3v) is 8.23. The number of carbonyl (C=O) groups is 1. The monoisotopic (exact) mass is 416 g/mol. The molecule has 0 bridgehead atoms. The lowest BCUT2D eigenvalue weighted by atomic mass is 9.78. The standard InChI is InChI=1S/C22H28N2O2S2/c1-16-7-14-28-20(16)21(26)23-22(17-5-3-2-4-6-17)10-11-24(15-19(22)25)18-8-12-27-13-9-18/h2-7,14,18-19,25H,8-13,15H2,1H3,(H,23,26)/t19-,22+/m1/s1. The van der Waals surface area contributed by atoms with Crippen molar-refractivity contribution in [1.82, 2.24) is 10.2 Å². The quantitative estimate of drug-likeness (QED) is 0.799. The van der Waals surface area contributed by atoms with Crippen LogP contribution in [0, 0.1) is 6.92 Å². The molecule has 0 spiro atoms. The number of piperidine rings is 1. The number of carbonyl (C=O) groups excluding carboxylic acids is 1. The smallest absolute Gasteiger partial charge is 0.262 e. The molecule has 0 saturated carbocycles. The Morgan fingerprint density at radius 2 is 1.96 bits per heavy atom. The van der Waals surface area contributed by atoms with Crippen molar-refractivity contribution in [2.45, 2.75) is 43.9 Å². The van der Waals surface area contributed by atoms with Crippen LogP contribution in [-0.4, -0.2) is 52.7 Å². The molecule has 2 aromatic rings. The molecule has 2 N–H and O–H groups in total. The first-order valence-electron chi connectivity index (χ1n) is 10.0. The molecule has 4 rings (SSSR count). The van der Waals surface area contributed by atoms with E-state index in [0.29, 0.717) is 12.6 Å². The Bertz CT molecular complexity index is 804. The van der Waals surface area contributed by atoms with Gasteiger partial charge in [-0.15, -0.1) is 11.3 Å². The van der Waals surface area contributed by atoms with Crippen molar-refractivity contribution in [3.8, 4) is 0 Å². The first-order chi connectivity index (χ1) is 13.6. The molecule has 1 aromatic heterocycles. The van der Waals surface area contributed by atoms with Gasteiger partial charge in [-0.3, -0.25) is 9.69 Å².